The number of benzene rings is 2. The lowest BCUT2D eigenvalue weighted by atomic mass is 9.73. The van der Waals surface area contributed by atoms with Gasteiger partial charge in [-0.05, 0) is 54.2 Å². The average Bonchev–Trinajstić information content (AvgIpc) is 2.48. The van der Waals surface area contributed by atoms with Crippen LogP contribution < -0.4 is 10.8 Å². The molecule has 2 aromatic carbocycles. The van der Waals surface area contributed by atoms with Crippen molar-refractivity contribution in [3.8, 4) is 0 Å². The third-order valence-electron chi connectivity index (χ3n) is 3.69. The third-order valence-corrected chi connectivity index (χ3v) is 3.69. The molecule has 112 valence electrons. The fourth-order valence-corrected chi connectivity index (χ4v) is 2.50. The van der Waals surface area contributed by atoms with Gasteiger partial charge in [0.05, 0.1) is 5.56 Å². The highest BCUT2D eigenvalue weighted by Gasteiger charge is 2.25. The molecule has 0 aliphatic carbocycles. The summed E-state index contributed by atoms with van der Waals surface area (Å²) in [5, 5.41) is 12.5. The van der Waals surface area contributed by atoms with Crippen LogP contribution >= 0.6 is 0 Å². The van der Waals surface area contributed by atoms with E-state index in [1.165, 1.54) is 12.1 Å². The van der Waals surface area contributed by atoms with Crippen LogP contribution in [0.2, 0.25) is 0 Å². The summed E-state index contributed by atoms with van der Waals surface area (Å²) < 4.78 is 19.0. The second kappa shape index (κ2) is 5.91. The Morgan fingerprint density at radius 3 is 2.91 bits per heavy atom. The fourth-order valence-electron chi connectivity index (χ4n) is 2.50. The second-order valence-electron chi connectivity index (χ2n) is 5.32. The number of fused-ring (bicyclic) bond motifs is 1. The summed E-state index contributed by atoms with van der Waals surface area (Å²) in [6, 6.07) is 9.68. The van der Waals surface area contributed by atoms with E-state index in [4.69, 9.17) is 4.65 Å². The molecule has 6 heteroatoms. The summed E-state index contributed by atoms with van der Waals surface area (Å²) in [5.74, 6) is -1.08. The molecule has 0 fully saturated rings. The van der Waals surface area contributed by atoms with Crippen LogP contribution in [-0.4, -0.2) is 24.7 Å². The molecule has 1 aliphatic rings. The third kappa shape index (κ3) is 2.88. The largest absolute Gasteiger partial charge is 0.491 e. The molecule has 1 heterocycles. The van der Waals surface area contributed by atoms with Gasteiger partial charge in [-0.2, -0.15) is 0 Å². The summed E-state index contributed by atoms with van der Waals surface area (Å²) in [6.45, 7) is 2.23. The molecule has 1 amide bonds. The van der Waals surface area contributed by atoms with Crippen molar-refractivity contribution >= 4 is 24.2 Å². The molecule has 0 radical (unpaired) electrons. The SMILES string of the molecule is Cc1ccc(C(=O)Nc2ccc3c(c2)B(O)OCC3)c(F)c1. The van der Waals surface area contributed by atoms with Crippen molar-refractivity contribution in [3.05, 3.63) is 58.9 Å². The zero-order chi connectivity index (χ0) is 15.7. The second-order valence-corrected chi connectivity index (χ2v) is 5.32. The molecule has 0 saturated carbocycles. The summed E-state index contributed by atoms with van der Waals surface area (Å²) in [4.78, 5) is 12.2. The molecule has 22 heavy (non-hydrogen) atoms. The number of carbonyl (C=O) groups excluding carboxylic acids is 1. The van der Waals surface area contributed by atoms with Gasteiger partial charge in [0.2, 0.25) is 0 Å². The van der Waals surface area contributed by atoms with Crippen LogP contribution in [-0.2, 0) is 11.1 Å². The van der Waals surface area contributed by atoms with E-state index in [0.717, 1.165) is 11.1 Å². The van der Waals surface area contributed by atoms with Gasteiger partial charge in [-0.25, -0.2) is 4.39 Å². The predicted molar refractivity (Wildman–Crippen MR) is 82.8 cm³/mol. The highest BCUT2D eigenvalue weighted by Crippen LogP contribution is 2.16. The molecule has 0 bridgehead atoms. The number of hydrogen-bond acceptors (Lipinski definition) is 3. The average molecular weight is 299 g/mol. The Kier molecular flexibility index (Phi) is 3.96. The molecule has 2 aromatic rings. The maximum Gasteiger partial charge on any atom is 0.491 e. The number of amides is 1. The van der Waals surface area contributed by atoms with Gasteiger partial charge in [0.15, 0.2) is 0 Å². The van der Waals surface area contributed by atoms with E-state index in [1.54, 1.807) is 25.1 Å². The quantitative estimate of drug-likeness (QED) is 0.829. The molecule has 1 aliphatic heterocycles. The lowest BCUT2D eigenvalue weighted by Gasteiger charge is -2.19. The Labute approximate surface area is 128 Å². The van der Waals surface area contributed by atoms with Gasteiger partial charge >= 0.3 is 7.12 Å². The first-order valence-electron chi connectivity index (χ1n) is 7.04. The first-order chi connectivity index (χ1) is 10.5. The van der Waals surface area contributed by atoms with Crippen molar-refractivity contribution in [2.75, 3.05) is 11.9 Å². The Hall–Kier alpha value is -2.18. The molecule has 0 atom stereocenters. The molecular weight excluding hydrogens is 284 g/mol. The van der Waals surface area contributed by atoms with Gasteiger partial charge in [0.25, 0.3) is 5.91 Å². The Morgan fingerprint density at radius 1 is 1.32 bits per heavy atom. The summed E-state index contributed by atoms with van der Waals surface area (Å²) >= 11 is 0. The standard InChI is InChI=1S/C16H15BFNO3/c1-10-2-5-13(15(18)8-10)16(20)19-12-4-3-11-6-7-22-17(21)14(11)9-12/h2-5,8-9,21H,6-7H2,1H3,(H,19,20). The zero-order valence-corrected chi connectivity index (χ0v) is 12.1. The maximum atomic E-state index is 13.8. The Balaban J connectivity index is 1.84. The number of nitrogens with one attached hydrogen (secondary N) is 1. The maximum absolute atomic E-state index is 13.8. The van der Waals surface area contributed by atoms with Gasteiger partial charge in [0, 0.05) is 12.3 Å². The Morgan fingerprint density at radius 2 is 2.14 bits per heavy atom. The molecule has 0 aromatic heterocycles. The smallest absolute Gasteiger partial charge is 0.423 e. The summed E-state index contributed by atoms with van der Waals surface area (Å²) in [7, 11) is -0.989. The van der Waals surface area contributed by atoms with Gasteiger partial charge in [-0.15, -0.1) is 0 Å². The minimum absolute atomic E-state index is 0.0138. The van der Waals surface area contributed by atoms with E-state index in [9.17, 15) is 14.2 Å². The molecule has 0 spiro atoms. The van der Waals surface area contributed by atoms with Crippen molar-refractivity contribution in [2.45, 2.75) is 13.3 Å². The highest BCUT2D eigenvalue weighted by molar-refractivity contribution is 6.61. The van der Waals surface area contributed by atoms with Crippen LogP contribution in [0.1, 0.15) is 21.5 Å². The van der Waals surface area contributed by atoms with Crippen LogP contribution in [0.3, 0.4) is 0 Å². The van der Waals surface area contributed by atoms with E-state index in [-0.39, 0.29) is 5.56 Å². The van der Waals surface area contributed by atoms with E-state index >= 15 is 0 Å². The molecule has 2 N–H and O–H groups in total. The van der Waals surface area contributed by atoms with Crippen LogP contribution in [0.25, 0.3) is 0 Å². The normalized spacial score (nSPS) is 13.7. The van der Waals surface area contributed by atoms with Gasteiger partial charge in [0.1, 0.15) is 5.82 Å². The number of halogens is 1. The summed E-state index contributed by atoms with van der Waals surface area (Å²) in [5.41, 5.74) is 2.85. The van der Waals surface area contributed by atoms with Crippen LogP contribution in [0, 0.1) is 12.7 Å². The van der Waals surface area contributed by atoms with Crippen LogP contribution in [0.15, 0.2) is 36.4 Å². The minimum atomic E-state index is -0.989. The van der Waals surface area contributed by atoms with Crippen molar-refractivity contribution in [2.24, 2.45) is 0 Å². The van der Waals surface area contributed by atoms with E-state index in [2.05, 4.69) is 5.32 Å². The van der Waals surface area contributed by atoms with E-state index < -0.39 is 18.8 Å². The first-order valence-corrected chi connectivity index (χ1v) is 7.04. The molecule has 3 rings (SSSR count). The van der Waals surface area contributed by atoms with Gasteiger partial charge in [-0.3, -0.25) is 4.79 Å². The van der Waals surface area contributed by atoms with Crippen LogP contribution in [0.5, 0.6) is 0 Å². The molecular formula is C16H15BFNO3. The van der Waals surface area contributed by atoms with Crippen LogP contribution in [0.4, 0.5) is 10.1 Å². The number of aryl methyl sites for hydroxylation is 1. The summed E-state index contributed by atoms with van der Waals surface area (Å²) in [6.07, 6.45) is 0.715. The first kappa shape index (κ1) is 14.7. The molecule has 0 unspecified atom stereocenters. The van der Waals surface area contributed by atoms with Crippen molar-refractivity contribution in [1.29, 1.82) is 0 Å². The predicted octanol–water partition coefficient (Wildman–Crippen LogP) is 1.65. The van der Waals surface area contributed by atoms with E-state index in [1.807, 2.05) is 6.07 Å². The number of carbonyl (C=O) groups is 1. The lowest BCUT2D eigenvalue weighted by molar-refractivity contribution is 0.102. The van der Waals surface area contributed by atoms with Gasteiger partial charge < -0.3 is 15.0 Å². The fraction of sp³-hybridized carbons (Fsp3) is 0.188. The minimum Gasteiger partial charge on any atom is -0.423 e. The molecule has 4 nitrogen and oxygen atoms in total. The zero-order valence-electron chi connectivity index (χ0n) is 12.1. The van der Waals surface area contributed by atoms with E-state index in [0.29, 0.717) is 24.2 Å². The van der Waals surface area contributed by atoms with Crippen molar-refractivity contribution in [1.82, 2.24) is 0 Å². The number of rotatable bonds is 2. The molecule has 0 saturated heterocycles. The van der Waals surface area contributed by atoms with Crippen molar-refractivity contribution < 1.29 is 18.9 Å². The Bertz CT molecular complexity index is 735. The highest BCUT2D eigenvalue weighted by atomic mass is 19.1. The topological polar surface area (TPSA) is 58.6 Å². The number of anilines is 1. The number of hydrogen-bond donors (Lipinski definition) is 2. The van der Waals surface area contributed by atoms with Gasteiger partial charge in [-0.1, -0.05) is 12.1 Å². The lowest BCUT2D eigenvalue weighted by Crippen LogP contribution is -2.41. The monoisotopic (exact) mass is 299 g/mol. The van der Waals surface area contributed by atoms with Crippen molar-refractivity contribution in [3.63, 3.8) is 0 Å².